The molecule has 0 saturated heterocycles. The van der Waals surface area contributed by atoms with Gasteiger partial charge in [-0.2, -0.15) is 0 Å². The molecule has 0 aliphatic heterocycles. The summed E-state index contributed by atoms with van der Waals surface area (Å²) in [6.45, 7) is 0. The van der Waals surface area contributed by atoms with Gasteiger partial charge in [-0.3, -0.25) is 9.59 Å². The largest absolute Gasteiger partial charge is 0.497 e. The SMILES string of the molecule is COc1ccc(NC(=O)CC(=O)Nc2cccc(Cl)c2)c(OC)c1. The van der Waals surface area contributed by atoms with E-state index in [1.54, 1.807) is 42.5 Å². The van der Waals surface area contributed by atoms with Gasteiger partial charge in [0.15, 0.2) is 0 Å². The quantitative estimate of drug-likeness (QED) is 0.785. The molecule has 0 saturated carbocycles. The summed E-state index contributed by atoms with van der Waals surface area (Å²) in [5.41, 5.74) is 0.987. The van der Waals surface area contributed by atoms with Gasteiger partial charge in [-0.1, -0.05) is 17.7 Å². The molecule has 0 unspecified atom stereocenters. The van der Waals surface area contributed by atoms with Crippen molar-refractivity contribution in [3.63, 3.8) is 0 Å². The van der Waals surface area contributed by atoms with E-state index in [4.69, 9.17) is 21.1 Å². The zero-order chi connectivity index (χ0) is 17.5. The molecule has 24 heavy (non-hydrogen) atoms. The second-order valence-corrected chi connectivity index (χ2v) is 5.29. The van der Waals surface area contributed by atoms with Crippen LogP contribution in [0, 0.1) is 0 Å². The molecule has 0 heterocycles. The van der Waals surface area contributed by atoms with Gasteiger partial charge in [-0.25, -0.2) is 0 Å². The van der Waals surface area contributed by atoms with Crippen LogP contribution in [0.15, 0.2) is 42.5 Å². The Hall–Kier alpha value is -2.73. The van der Waals surface area contributed by atoms with E-state index < -0.39 is 11.8 Å². The topological polar surface area (TPSA) is 76.7 Å². The van der Waals surface area contributed by atoms with Crippen LogP contribution < -0.4 is 20.1 Å². The summed E-state index contributed by atoms with van der Waals surface area (Å²) in [6.07, 6.45) is -0.332. The molecular formula is C17H17ClN2O4. The highest BCUT2D eigenvalue weighted by atomic mass is 35.5. The number of nitrogens with one attached hydrogen (secondary N) is 2. The number of ether oxygens (including phenoxy) is 2. The zero-order valence-corrected chi connectivity index (χ0v) is 14.0. The van der Waals surface area contributed by atoms with Crippen molar-refractivity contribution in [2.45, 2.75) is 6.42 Å². The van der Waals surface area contributed by atoms with E-state index in [0.717, 1.165) is 0 Å². The normalized spacial score (nSPS) is 9.96. The van der Waals surface area contributed by atoms with Crippen LogP contribution in [0.2, 0.25) is 5.02 Å². The van der Waals surface area contributed by atoms with E-state index >= 15 is 0 Å². The standard InChI is InChI=1S/C17H17ClN2O4/c1-23-13-6-7-14(15(9-13)24-2)20-17(22)10-16(21)19-12-5-3-4-11(18)8-12/h3-9H,10H2,1-2H3,(H,19,21)(H,20,22). The maximum atomic E-state index is 12.0. The molecule has 2 N–H and O–H groups in total. The van der Waals surface area contributed by atoms with Gasteiger partial charge < -0.3 is 20.1 Å². The highest BCUT2D eigenvalue weighted by Crippen LogP contribution is 2.29. The molecule has 2 rings (SSSR count). The maximum absolute atomic E-state index is 12.0. The molecule has 2 amide bonds. The predicted molar refractivity (Wildman–Crippen MR) is 92.9 cm³/mol. The summed E-state index contributed by atoms with van der Waals surface area (Å²) in [6, 6.07) is 11.7. The third kappa shape index (κ3) is 4.89. The summed E-state index contributed by atoms with van der Waals surface area (Å²) in [5.74, 6) is 0.140. The molecule has 0 radical (unpaired) electrons. The fourth-order valence-electron chi connectivity index (χ4n) is 2.01. The molecular weight excluding hydrogens is 332 g/mol. The van der Waals surface area contributed by atoms with Crippen molar-refractivity contribution in [1.29, 1.82) is 0 Å². The minimum Gasteiger partial charge on any atom is -0.497 e. The fourth-order valence-corrected chi connectivity index (χ4v) is 2.20. The maximum Gasteiger partial charge on any atom is 0.233 e. The predicted octanol–water partition coefficient (Wildman–Crippen LogP) is 3.32. The highest BCUT2D eigenvalue weighted by Gasteiger charge is 2.13. The van der Waals surface area contributed by atoms with E-state index in [1.165, 1.54) is 14.2 Å². The molecule has 0 aliphatic rings. The Morgan fingerprint density at radius 2 is 1.75 bits per heavy atom. The van der Waals surface area contributed by atoms with Crippen LogP contribution in [0.25, 0.3) is 0 Å². The molecule has 0 fully saturated rings. The van der Waals surface area contributed by atoms with Crippen LogP contribution in [-0.2, 0) is 9.59 Å². The number of carbonyl (C=O) groups is 2. The van der Waals surface area contributed by atoms with Crippen molar-refractivity contribution in [2.75, 3.05) is 24.9 Å². The lowest BCUT2D eigenvalue weighted by atomic mass is 10.2. The van der Waals surface area contributed by atoms with Gasteiger partial charge in [0, 0.05) is 16.8 Å². The van der Waals surface area contributed by atoms with Gasteiger partial charge in [-0.05, 0) is 30.3 Å². The number of methoxy groups -OCH3 is 2. The van der Waals surface area contributed by atoms with Crippen LogP contribution in [0.1, 0.15) is 6.42 Å². The molecule has 2 aromatic rings. The van der Waals surface area contributed by atoms with Crippen LogP contribution in [-0.4, -0.2) is 26.0 Å². The molecule has 0 bridgehead atoms. The Morgan fingerprint density at radius 1 is 1.00 bits per heavy atom. The molecule has 6 nitrogen and oxygen atoms in total. The molecule has 126 valence electrons. The van der Waals surface area contributed by atoms with Crippen molar-refractivity contribution >= 4 is 34.8 Å². The lowest BCUT2D eigenvalue weighted by Gasteiger charge is -2.11. The molecule has 0 aromatic heterocycles. The van der Waals surface area contributed by atoms with Crippen LogP contribution in [0.3, 0.4) is 0 Å². The number of hydrogen-bond acceptors (Lipinski definition) is 4. The van der Waals surface area contributed by atoms with Crippen molar-refractivity contribution in [3.8, 4) is 11.5 Å². The second kappa shape index (κ2) is 8.21. The Kier molecular flexibility index (Phi) is 6.03. The number of amides is 2. The Morgan fingerprint density at radius 3 is 2.42 bits per heavy atom. The van der Waals surface area contributed by atoms with Crippen LogP contribution in [0.5, 0.6) is 11.5 Å². The second-order valence-electron chi connectivity index (χ2n) is 4.85. The van der Waals surface area contributed by atoms with Gasteiger partial charge >= 0.3 is 0 Å². The number of carbonyl (C=O) groups excluding carboxylic acids is 2. The Labute approximate surface area is 144 Å². The fraction of sp³-hybridized carbons (Fsp3) is 0.176. The first-order valence-electron chi connectivity index (χ1n) is 7.09. The molecule has 2 aromatic carbocycles. The first-order valence-corrected chi connectivity index (χ1v) is 7.47. The summed E-state index contributed by atoms with van der Waals surface area (Å²) < 4.78 is 10.3. The minimum atomic E-state index is -0.460. The van der Waals surface area contributed by atoms with E-state index in [9.17, 15) is 9.59 Å². The van der Waals surface area contributed by atoms with Gasteiger partial charge in [-0.15, -0.1) is 0 Å². The Bertz CT molecular complexity index is 749. The van der Waals surface area contributed by atoms with Crippen molar-refractivity contribution in [2.24, 2.45) is 0 Å². The summed E-state index contributed by atoms with van der Waals surface area (Å²) in [7, 11) is 3.02. The minimum absolute atomic E-state index is 0.332. The lowest BCUT2D eigenvalue weighted by Crippen LogP contribution is -2.21. The van der Waals surface area contributed by atoms with Gasteiger partial charge in [0.1, 0.15) is 17.9 Å². The van der Waals surface area contributed by atoms with Gasteiger partial charge in [0.2, 0.25) is 11.8 Å². The number of benzene rings is 2. The molecule has 7 heteroatoms. The monoisotopic (exact) mass is 348 g/mol. The first-order chi connectivity index (χ1) is 11.5. The third-order valence-corrected chi connectivity index (χ3v) is 3.35. The van der Waals surface area contributed by atoms with Crippen molar-refractivity contribution in [1.82, 2.24) is 0 Å². The van der Waals surface area contributed by atoms with Crippen molar-refractivity contribution < 1.29 is 19.1 Å². The number of rotatable bonds is 6. The smallest absolute Gasteiger partial charge is 0.233 e. The van der Waals surface area contributed by atoms with E-state index in [2.05, 4.69) is 10.6 Å². The summed E-state index contributed by atoms with van der Waals surface area (Å²) >= 11 is 5.84. The number of anilines is 2. The number of halogens is 1. The molecule has 0 aliphatic carbocycles. The van der Waals surface area contributed by atoms with Gasteiger partial charge in [0.25, 0.3) is 0 Å². The first kappa shape index (κ1) is 17.6. The molecule has 0 atom stereocenters. The highest BCUT2D eigenvalue weighted by molar-refractivity contribution is 6.30. The average Bonchev–Trinajstić information content (AvgIpc) is 2.54. The van der Waals surface area contributed by atoms with Crippen LogP contribution >= 0.6 is 11.6 Å². The zero-order valence-electron chi connectivity index (χ0n) is 13.3. The number of hydrogen-bond donors (Lipinski definition) is 2. The molecule has 0 spiro atoms. The average molecular weight is 349 g/mol. The summed E-state index contributed by atoms with van der Waals surface area (Å²) in [5, 5.41) is 5.75. The van der Waals surface area contributed by atoms with E-state index in [1.807, 2.05) is 0 Å². The lowest BCUT2D eigenvalue weighted by molar-refractivity contribution is -0.123. The Balaban J connectivity index is 1.96. The van der Waals surface area contributed by atoms with Crippen molar-refractivity contribution in [3.05, 3.63) is 47.5 Å². The van der Waals surface area contributed by atoms with Gasteiger partial charge in [0.05, 0.1) is 19.9 Å². The van der Waals surface area contributed by atoms with Crippen LogP contribution in [0.4, 0.5) is 11.4 Å². The van der Waals surface area contributed by atoms with E-state index in [-0.39, 0.29) is 6.42 Å². The third-order valence-electron chi connectivity index (χ3n) is 3.11. The summed E-state index contributed by atoms with van der Waals surface area (Å²) in [4.78, 5) is 23.9. The van der Waals surface area contributed by atoms with E-state index in [0.29, 0.717) is 27.9 Å².